The van der Waals surface area contributed by atoms with Crippen molar-refractivity contribution in [3.63, 3.8) is 0 Å². The van der Waals surface area contributed by atoms with Gasteiger partial charge in [-0.15, -0.1) is 0 Å². The fraction of sp³-hybridized carbons (Fsp3) is 0.500. The van der Waals surface area contributed by atoms with Gasteiger partial charge in [-0.3, -0.25) is 0 Å². The van der Waals surface area contributed by atoms with Gasteiger partial charge in [-0.1, -0.05) is 25.1 Å². The second-order valence-electron chi connectivity index (χ2n) is 5.18. The molecule has 1 aromatic carbocycles. The Morgan fingerprint density at radius 1 is 1.26 bits per heavy atom. The Hall–Kier alpha value is -1.32. The molecule has 1 unspecified atom stereocenters. The van der Waals surface area contributed by atoms with Gasteiger partial charge in [-0.2, -0.15) is 0 Å². The van der Waals surface area contributed by atoms with Crippen LogP contribution in [0.25, 0.3) is 0 Å². The molecule has 2 heterocycles. The Morgan fingerprint density at radius 3 is 2.95 bits per heavy atom. The maximum absolute atomic E-state index is 5.50. The Bertz CT molecular complexity index is 482. The van der Waals surface area contributed by atoms with Crippen LogP contribution in [0.4, 0.5) is 0 Å². The lowest BCUT2D eigenvalue weighted by Crippen LogP contribution is -2.24. The van der Waals surface area contributed by atoms with Gasteiger partial charge in [-0.25, -0.2) is 0 Å². The second kappa shape index (κ2) is 5.76. The van der Waals surface area contributed by atoms with E-state index < -0.39 is 0 Å². The molecule has 102 valence electrons. The van der Waals surface area contributed by atoms with Gasteiger partial charge in [0.25, 0.3) is 0 Å². The van der Waals surface area contributed by atoms with Gasteiger partial charge in [0.15, 0.2) is 0 Å². The van der Waals surface area contributed by atoms with Crippen molar-refractivity contribution in [2.45, 2.75) is 39.0 Å². The molecule has 3 nitrogen and oxygen atoms in total. The molecule has 0 fully saturated rings. The minimum Gasteiger partial charge on any atom is -0.501 e. The van der Waals surface area contributed by atoms with Crippen molar-refractivity contribution in [1.82, 2.24) is 5.32 Å². The third kappa shape index (κ3) is 2.67. The standard InChI is InChI=1S/C16H21NO2/c1-2-17-16(14-4-3-7-18-10-14)12-5-6-13-9-19-11-15(13)8-12/h5-6,8,10,16-17H,2-4,7,9,11H2,1H3. The van der Waals surface area contributed by atoms with E-state index in [2.05, 4.69) is 30.4 Å². The van der Waals surface area contributed by atoms with E-state index in [9.17, 15) is 0 Å². The molecule has 1 atom stereocenters. The van der Waals surface area contributed by atoms with Crippen LogP contribution in [-0.4, -0.2) is 13.2 Å². The summed E-state index contributed by atoms with van der Waals surface area (Å²) < 4.78 is 11.0. The number of hydrogen-bond donors (Lipinski definition) is 1. The molecule has 1 N–H and O–H groups in total. The highest BCUT2D eigenvalue weighted by Gasteiger charge is 2.20. The molecule has 0 radical (unpaired) electrons. The summed E-state index contributed by atoms with van der Waals surface area (Å²) >= 11 is 0. The quantitative estimate of drug-likeness (QED) is 0.901. The summed E-state index contributed by atoms with van der Waals surface area (Å²) in [5.41, 5.74) is 5.33. The maximum atomic E-state index is 5.50. The first kappa shape index (κ1) is 12.7. The van der Waals surface area contributed by atoms with Crippen LogP contribution in [0.5, 0.6) is 0 Å². The van der Waals surface area contributed by atoms with Crippen LogP contribution in [0.1, 0.15) is 42.5 Å². The smallest absolute Gasteiger partial charge is 0.0876 e. The third-order valence-corrected chi connectivity index (χ3v) is 3.82. The molecule has 2 aliphatic rings. The zero-order chi connectivity index (χ0) is 13.1. The maximum Gasteiger partial charge on any atom is 0.0876 e. The van der Waals surface area contributed by atoms with Crippen LogP contribution >= 0.6 is 0 Å². The first-order valence-electron chi connectivity index (χ1n) is 7.12. The van der Waals surface area contributed by atoms with E-state index in [4.69, 9.17) is 9.47 Å². The largest absolute Gasteiger partial charge is 0.501 e. The van der Waals surface area contributed by atoms with Gasteiger partial charge in [0.2, 0.25) is 0 Å². The summed E-state index contributed by atoms with van der Waals surface area (Å²) in [6.45, 7) is 5.45. The molecular weight excluding hydrogens is 238 g/mol. The minimum absolute atomic E-state index is 0.274. The topological polar surface area (TPSA) is 30.5 Å². The van der Waals surface area contributed by atoms with Crippen molar-refractivity contribution >= 4 is 0 Å². The van der Waals surface area contributed by atoms with Gasteiger partial charge in [-0.05, 0) is 41.6 Å². The lowest BCUT2D eigenvalue weighted by Gasteiger charge is -2.24. The van der Waals surface area contributed by atoms with Crippen molar-refractivity contribution in [3.8, 4) is 0 Å². The van der Waals surface area contributed by atoms with E-state index in [1.165, 1.54) is 22.3 Å². The van der Waals surface area contributed by atoms with Crippen LogP contribution in [0.2, 0.25) is 0 Å². The molecule has 0 saturated carbocycles. The molecular formula is C16H21NO2. The summed E-state index contributed by atoms with van der Waals surface area (Å²) in [7, 11) is 0. The fourth-order valence-corrected chi connectivity index (χ4v) is 2.84. The van der Waals surface area contributed by atoms with E-state index in [1.807, 2.05) is 6.26 Å². The molecule has 3 heteroatoms. The monoisotopic (exact) mass is 259 g/mol. The highest BCUT2D eigenvalue weighted by Crippen LogP contribution is 2.30. The molecule has 0 saturated heterocycles. The summed E-state index contributed by atoms with van der Waals surface area (Å²) in [6, 6.07) is 6.98. The van der Waals surface area contributed by atoms with Gasteiger partial charge in [0.05, 0.1) is 32.1 Å². The lowest BCUT2D eigenvalue weighted by molar-refractivity contribution is 0.134. The van der Waals surface area contributed by atoms with E-state index in [0.717, 1.165) is 39.2 Å². The first-order chi connectivity index (χ1) is 9.38. The van der Waals surface area contributed by atoms with Crippen molar-refractivity contribution in [2.24, 2.45) is 0 Å². The zero-order valence-electron chi connectivity index (χ0n) is 11.4. The van der Waals surface area contributed by atoms with E-state index in [1.54, 1.807) is 0 Å². The number of benzene rings is 1. The number of rotatable bonds is 4. The molecule has 0 spiro atoms. The average Bonchev–Trinajstić information content (AvgIpc) is 2.93. The van der Waals surface area contributed by atoms with Crippen molar-refractivity contribution in [2.75, 3.05) is 13.2 Å². The number of likely N-dealkylation sites (N-methyl/N-ethyl adjacent to an activating group) is 1. The molecule has 1 aromatic rings. The number of fused-ring (bicyclic) bond motifs is 1. The summed E-state index contributed by atoms with van der Waals surface area (Å²) in [5, 5.41) is 3.57. The lowest BCUT2D eigenvalue weighted by atomic mass is 9.93. The molecule has 3 rings (SSSR count). The van der Waals surface area contributed by atoms with Crippen LogP contribution < -0.4 is 5.32 Å². The number of nitrogens with one attached hydrogen (secondary N) is 1. The summed E-state index contributed by atoms with van der Waals surface area (Å²) in [4.78, 5) is 0. The molecule has 0 aliphatic carbocycles. The normalized spacial score (nSPS) is 19.5. The number of hydrogen-bond acceptors (Lipinski definition) is 3. The van der Waals surface area contributed by atoms with Crippen molar-refractivity contribution in [1.29, 1.82) is 0 Å². The van der Waals surface area contributed by atoms with Gasteiger partial charge in [0.1, 0.15) is 0 Å². The molecule has 19 heavy (non-hydrogen) atoms. The fourth-order valence-electron chi connectivity index (χ4n) is 2.84. The predicted octanol–water partition coefficient (Wildman–Crippen LogP) is 3.06. The predicted molar refractivity (Wildman–Crippen MR) is 74.6 cm³/mol. The van der Waals surface area contributed by atoms with Crippen molar-refractivity contribution in [3.05, 3.63) is 46.7 Å². The Labute approximate surface area is 114 Å². The number of ether oxygens (including phenoxy) is 2. The van der Waals surface area contributed by atoms with Crippen LogP contribution in [0.3, 0.4) is 0 Å². The van der Waals surface area contributed by atoms with E-state index in [-0.39, 0.29) is 6.04 Å². The second-order valence-corrected chi connectivity index (χ2v) is 5.18. The van der Waals surface area contributed by atoms with Crippen molar-refractivity contribution < 1.29 is 9.47 Å². The minimum atomic E-state index is 0.274. The van der Waals surface area contributed by atoms with E-state index >= 15 is 0 Å². The summed E-state index contributed by atoms with van der Waals surface area (Å²) in [6.07, 6.45) is 4.17. The van der Waals surface area contributed by atoms with E-state index in [0.29, 0.717) is 0 Å². The Morgan fingerprint density at radius 2 is 2.16 bits per heavy atom. The van der Waals surface area contributed by atoms with Crippen LogP contribution in [0.15, 0.2) is 30.0 Å². The van der Waals surface area contributed by atoms with Gasteiger partial charge < -0.3 is 14.8 Å². The molecule has 0 amide bonds. The van der Waals surface area contributed by atoms with Gasteiger partial charge >= 0.3 is 0 Å². The SMILES string of the molecule is CCNC(C1=COCCC1)c1ccc2c(c1)COC2. The Balaban J connectivity index is 1.89. The third-order valence-electron chi connectivity index (χ3n) is 3.82. The van der Waals surface area contributed by atoms with Crippen LogP contribution in [0, 0.1) is 0 Å². The van der Waals surface area contributed by atoms with Crippen LogP contribution in [-0.2, 0) is 22.7 Å². The molecule has 0 bridgehead atoms. The molecule has 0 aromatic heterocycles. The zero-order valence-corrected chi connectivity index (χ0v) is 11.4. The highest BCUT2D eigenvalue weighted by atomic mass is 16.5. The summed E-state index contributed by atoms with van der Waals surface area (Å²) in [5.74, 6) is 0. The molecule has 2 aliphatic heterocycles. The highest BCUT2D eigenvalue weighted by molar-refractivity contribution is 5.37. The first-order valence-corrected chi connectivity index (χ1v) is 7.12. The average molecular weight is 259 g/mol. The Kier molecular flexibility index (Phi) is 3.85. The van der Waals surface area contributed by atoms with Gasteiger partial charge in [0, 0.05) is 0 Å².